The zero-order valence-electron chi connectivity index (χ0n) is 9.17. The SMILES string of the molecule is NC(N)(c1cccc(O)c1)c1cccc(O)c1. The van der Waals surface area contributed by atoms with Gasteiger partial charge in [-0.15, -0.1) is 0 Å². The van der Waals surface area contributed by atoms with Gasteiger partial charge in [-0.05, 0) is 35.4 Å². The summed E-state index contributed by atoms with van der Waals surface area (Å²) in [5.74, 6) is 0.200. The van der Waals surface area contributed by atoms with E-state index in [0.29, 0.717) is 11.1 Å². The standard InChI is InChI=1S/C13H14N2O2/c14-13(15,9-3-1-5-11(16)7-9)10-4-2-6-12(17)8-10/h1-8,16-17H,14-15H2. The van der Waals surface area contributed by atoms with Gasteiger partial charge in [0, 0.05) is 0 Å². The zero-order chi connectivity index (χ0) is 12.5. The van der Waals surface area contributed by atoms with Crippen LogP contribution in [0.2, 0.25) is 0 Å². The first-order valence-electron chi connectivity index (χ1n) is 5.17. The average Bonchev–Trinajstić information content (AvgIpc) is 2.29. The van der Waals surface area contributed by atoms with Crippen molar-refractivity contribution in [2.45, 2.75) is 5.66 Å². The molecule has 0 heterocycles. The maximum Gasteiger partial charge on any atom is 0.117 e. The van der Waals surface area contributed by atoms with Crippen LogP contribution >= 0.6 is 0 Å². The molecule has 0 aromatic heterocycles. The van der Waals surface area contributed by atoms with E-state index >= 15 is 0 Å². The summed E-state index contributed by atoms with van der Waals surface area (Å²) in [6.07, 6.45) is 0. The maximum absolute atomic E-state index is 9.42. The van der Waals surface area contributed by atoms with Crippen molar-refractivity contribution in [3.63, 3.8) is 0 Å². The molecule has 0 amide bonds. The summed E-state index contributed by atoms with van der Waals surface area (Å²) in [4.78, 5) is 0. The van der Waals surface area contributed by atoms with Gasteiger partial charge in [0.1, 0.15) is 17.2 Å². The van der Waals surface area contributed by atoms with Crippen molar-refractivity contribution in [3.05, 3.63) is 59.7 Å². The molecule has 0 spiro atoms. The molecule has 88 valence electrons. The predicted molar refractivity (Wildman–Crippen MR) is 65.4 cm³/mol. The minimum atomic E-state index is -1.25. The van der Waals surface area contributed by atoms with Gasteiger partial charge in [-0.3, -0.25) is 0 Å². The van der Waals surface area contributed by atoms with Crippen molar-refractivity contribution >= 4 is 0 Å². The fourth-order valence-corrected chi connectivity index (χ4v) is 1.69. The van der Waals surface area contributed by atoms with Gasteiger partial charge in [-0.25, -0.2) is 0 Å². The number of hydrogen-bond acceptors (Lipinski definition) is 4. The summed E-state index contributed by atoms with van der Waals surface area (Å²) in [6, 6.07) is 12.9. The van der Waals surface area contributed by atoms with E-state index in [9.17, 15) is 10.2 Å². The highest BCUT2D eigenvalue weighted by Gasteiger charge is 2.24. The Morgan fingerprint density at radius 3 is 1.53 bits per heavy atom. The summed E-state index contributed by atoms with van der Waals surface area (Å²) >= 11 is 0. The molecular weight excluding hydrogens is 216 g/mol. The van der Waals surface area contributed by atoms with Crippen molar-refractivity contribution in [1.29, 1.82) is 0 Å². The second kappa shape index (κ2) is 4.08. The lowest BCUT2D eigenvalue weighted by molar-refractivity contribution is 0.466. The second-order valence-corrected chi connectivity index (χ2v) is 3.97. The summed E-state index contributed by atoms with van der Waals surface area (Å²) in [5, 5.41) is 18.8. The number of phenolic OH excluding ortho intramolecular Hbond substituents is 2. The van der Waals surface area contributed by atoms with Gasteiger partial charge >= 0.3 is 0 Å². The summed E-state index contributed by atoms with van der Waals surface area (Å²) in [6.45, 7) is 0. The van der Waals surface area contributed by atoms with Crippen LogP contribution in [-0.2, 0) is 5.66 Å². The quantitative estimate of drug-likeness (QED) is 0.583. The van der Waals surface area contributed by atoms with E-state index in [1.54, 1.807) is 36.4 Å². The molecule has 2 aromatic carbocycles. The maximum atomic E-state index is 9.42. The minimum Gasteiger partial charge on any atom is -0.508 e. The van der Waals surface area contributed by atoms with E-state index in [4.69, 9.17) is 11.5 Å². The van der Waals surface area contributed by atoms with Crippen molar-refractivity contribution < 1.29 is 10.2 Å². The molecule has 0 fully saturated rings. The lowest BCUT2D eigenvalue weighted by Gasteiger charge is -2.25. The van der Waals surface area contributed by atoms with Crippen LogP contribution in [0.1, 0.15) is 11.1 Å². The molecule has 0 saturated heterocycles. The molecule has 0 bridgehead atoms. The van der Waals surface area contributed by atoms with E-state index in [1.165, 1.54) is 12.1 Å². The molecule has 17 heavy (non-hydrogen) atoms. The van der Waals surface area contributed by atoms with Crippen LogP contribution in [0.3, 0.4) is 0 Å². The molecule has 0 aliphatic heterocycles. The third-order valence-corrected chi connectivity index (χ3v) is 2.65. The number of nitrogens with two attached hydrogens (primary N) is 2. The summed E-state index contributed by atoms with van der Waals surface area (Å²) < 4.78 is 0. The molecule has 0 radical (unpaired) electrons. The minimum absolute atomic E-state index is 0.0999. The van der Waals surface area contributed by atoms with Crippen molar-refractivity contribution in [2.24, 2.45) is 11.5 Å². The number of rotatable bonds is 2. The Bertz CT molecular complexity index is 491. The normalized spacial score (nSPS) is 11.4. The first-order chi connectivity index (χ1) is 8.00. The van der Waals surface area contributed by atoms with E-state index < -0.39 is 5.66 Å². The monoisotopic (exact) mass is 230 g/mol. The van der Waals surface area contributed by atoms with Crippen LogP contribution in [0.15, 0.2) is 48.5 Å². The molecular formula is C13H14N2O2. The van der Waals surface area contributed by atoms with E-state index in [-0.39, 0.29) is 11.5 Å². The molecule has 0 saturated carbocycles. The van der Waals surface area contributed by atoms with Crippen molar-refractivity contribution in [1.82, 2.24) is 0 Å². The molecule has 0 aliphatic carbocycles. The number of aromatic hydroxyl groups is 2. The number of benzene rings is 2. The molecule has 4 nitrogen and oxygen atoms in total. The summed E-state index contributed by atoms with van der Waals surface area (Å²) in [7, 11) is 0. The van der Waals surface area contributed by atoms with Gasteiger partial charge in [0.25, 0.3) is 0 Å². The Morgan fingerprint density at radius 1 is 0.765 bits per heavy atom. The van der Waals surface area contributed by atoms with Crippen LogP contribution in [0, 0.1) is 0 Å². The number of hydrogen-bond donors (Lipinski definition) is 4. The Morgan fingerprint density at radius 2 is 1.18 bits per heavy atom. The average molecular weight is 230 g/mol. The van der Waals surface area contributed by atoms with Crippen LogP contribution in [0.5, 0.6) is 11.5 Å². The molecule has 0 atom stereocenters. The lowest BCUT2D eigenvalue weighted by Crippen LogP contribution is -2.47. The fraction of sp³-hybridized carbons (Fsp3) is 0.0769. The fourth-order valence-electron chi connectivity index (χ4n) is 1.69. The van der Waals surface area contributed by atoms with E-state index in [2.05, 4.69) is 0 Å². The van der Waals surface area contributed by atoms with Crippen LogP contribution in [0.4, 0.5) is 0 Å². The smallest absolute Gasteiger partial charge is 0.117 e. The highest BCUT2D eigenvalue weighted by molar-refractivity contribution is 5.42. The molecule has 6 N–H and O–H groups in total. The van der Waals surface area contributed by atoms with Gasteiger partial charge in [-0.2, -0.15) is 0 Å². The molecule has 2 aromatic rings. The molecule has 4 heteroatoms. The van der Waals surface area contributed by atoms with Gasteiger partial charge in [0.15, 0.2) is 0 Å². The Balaban J connectivity index is 2.49. The van der Waals surface area contributed by atoms with Crippen molar-refractivity contribution in [2.75, 3.05) is 0 Å². The van der Waals surface area contributed by atoms with Crippen LogP contribution in [0.25, 0.3) is 0 Å². The highest BCUT2D eigenvalue weighted by atomic mass is 16.3. The molecule has 0 unspecified atom stereocenters. The van der Waals surface area contributed by atoms with Gasteiger partial charge < -0.3 is 21.7 Å². The zero-order valence-corrected chi connectivity index (χ0v) is 9.17. The third kappa shape index (κ3) is 2.22. The Labute approximate surface area is 99.1 Å². The van der Waals surface area contributed by atoms with Gasteiger partial charge in [0.2, 0.25) is 0 Å². The first-order valence-corrected chi connectivity index (χ1v) is 5.17. The molecule has 2 rings (SSSR count). The third-order valence-electron chi connectivity index (χ3n) is 2.65. The predicted octanol–water partition coefficient (Wildman–Crippen LogP) is 1.22. The van der Waals surface area contributed by atoms with Crippen LogP contribution in [-0.4, -0.2) is 10.2 Å². The van der Waals surface area contributed by atoms with Crippen molar-refractivity contribution in [3.8, 4) is 11.5 Å². The highest BCUT2D eigenvalue weighted by Crippen LogP contribution is 2.26. The topological polar surface area (TPSA) is 92.5 Å². The van der Waals surface area contributed by atoms with E-state index in [1.807, 2.05) is 0 Å². The van der Waals surface area contributed by atoms with Gasteiger partial charge in [-0.1, -0.05) is 24.3 Å². The summed E-state index contributed by atoms with van der Waals surface area (Å²) in [5.41, 5.74) is 12.0. The van der Waals surface area contributed by atoms with Gasteiger partial charge in [0.05, 0.1) is 0 Å². The first kappa shape index (κ1) is 11.4. The largest absolute Gasteiger partial charge is 0.508 e. The number of phenols is 2. The van der Waals surface area contributed by atoms with E-state index in [0.717, 1.165) is 0 Å². The molecule has 0 aliphatic rings. The lowest BCUT2D eigenvalue weighted by atomic mass is 9.93. The Kier molecular flexibility index (Phi) is 2.75. The second-order valence-electron chi connectivity index (χ2n) is 3.97. The Hall–Kier alpha value is -2.04. The van der Waals surface area contributed by atoms with Crippen LogP contribution < -0.4 is 11.5 Å².